The van der Waals surface area contributed by atoms with Crippen LogP contribution in [0.3, 0.4) is 0 Å². The summed E-state index contributed by atoms with van der Waals surface area (Å²) in [5.74, 6) is -0.764. The predicted octanol–water partition coefficient (Wildman–Crippen LogP) is 6.12. The Balaban J connectivity index is 1.80. The number of rotatable bonds is 6. The second-order valence-corrected chi connectivity index (χ2v) is 11.8. The monoisotopic (exact) mass is 584 g/mol. The first-order valence-electron chi connectivity index (χ1n) is 15.2. The van der Waals surface area contributed by atoms with Gasteiger partial charge in [0.25, 0.3) is 0 Å². The molecule has 7 atom stereocenters. The SMILES string of the molecule is COC(=O)/C=C1\C[C@H]2CC(=O)O[C@@H](/C=C/C=C\C=C(/C)CC(=O)OC)[C@@H](C)C=C[C@H](C)C[C@H]3CCC[C@@H](C[C@@H](C1)O2)O3. The highest BCUT2D eigenvalue weighted by Gasteiger charge is 2.33. The molecule has 0 aliphatic carbocycles. The van der Waals surface area contributed by atoms with Crippen molar-refractivity contribution in [3.63, 3.8) is 0 Å². The lowest BCUT2D eigenvalue weighted by atomic mass is 9.89. The van der Waals surface area contributed by atoms with Crippen molar-refractivity contribution in [1.29, 1.82) is 0 Å². The topological polar surface area (TPSA) is 97.4 Å². The van der Waals surface area contributed by atoms with E-state index in [1.54, 1.807) is 0 Å². The molecule has 0 aromatic rings. The van der Waals surface area contributed by atoms with Gasteiger partial charge >= 0.3 is 17.9 Å². The number of esters is 3. The van der Waals surface area contributed by atoms with Crippen LogP contribution in [0.25, 0.3) is 0 Å². The number of methoxy groups -OCH3 is 2. The van der Waals surface area contributed by atoms with Crippen LogP contribution in [0.2, 0.25) is 0 Å². The number of fused-ring (bicyclic) bond motifs is 4. The van der Waals surface area contributed by atoms with Gasteiger partial charge in [0.2, 0.25) is 0 Å². The van der Waals surface area contributed by atoms with Crippen LogP contribution in [-0.4, -0.2) is 62.6 Å². The van der Waals surface area contributed by atoms with Gasteiger partial charge in [-0.2, -0.15) is 0 Å². The highest BCUT2D eigenvalue weighted by molar-refractivity contribution is 5.82. The Morgan fingerprint density at radius 3 is 2.36 bits per heavy atom. The summed E-state index contributed by atoms with van der Waals surface area (Å²) in [6, 6.07) is 0. The van der Waals surface area contributed by atoms with Gasteiger partial charge in [0.05, 0.1) is 51.5 Å². The summed E-state index contributed by atoms with van der Waals surface area (Å²) in [6.07, 6.45) is 20.7. The molecule has 232 valence electrons. The van der Waals surface area contributed by atoms with E-state index in [4.69, 9.17) is 23.7 Å². The van der Waals surface area contributed by atoms with Crippen LogP contribution < -0.4 is 0 Å². The molecule has 4 bridgehead atoms. The van der Waals surface area contributed by atoms with Crippen LogP contribution in [0.5, 0.6) is 0 Å². The Bertz CT molecular complexity index is 1070. The van der Waals surface area contributed by atoms with Crippen LogP contribution in [0.15, 0.2) is 59.8 Å². The van der Waals surface area contributed by atoms with Gasteiger partial charge in [0.1, 0.15) is 6.10 Å². The molecular weight excluding hydrogens is 536 g/mol. The van der Waals surface area contributed by atoms with Crippen molar-refractivity contribution in [3.8, 4) is 0 Å². The van der Waals surface area contributed by atoms with Crippen molar-refractivity contribution < 1.29 is 38.1 Å². The Morgan fingerprint density at radius 1 is 0.905 bits per heavy atom. The van der Waals surface area contributed by atoms with E-state index in [0.29, 0.717) is 18.8 Å². The molecule has 3 heterocycles. The van der Waals surface area contributed by atoms with Gasteiger partial charge in [-0.1, -0.05) is 61.4 Å². The third-order valence-corrected chi connectivity index (χ3v) is 7.96. The molecule has 8 heteroatoms. The van der Waals surface area contributed by atoms with Gasteiger partial charge in [0, 0.05) is 18.4 Å². The summed E-state index contributed by atoms with van der Waals surface area (Å²) < 4.78 is 28.5. The molecule has 0 saturated carbocycles. The minimum atomic E-state index is -0.474. The van der Waals surface area contributed by atoms with Crippen molar-refractivity contribution in [1.82, 2.24) is 0 Å². The van der Waals surface area contributed by atoms with E-state index in [1.807, 2.05) is 44.2 Å². The fraction of sp³-hybridized carbons (Fsp3) is 0.618. The first-order valence-corrected chi connectivity index (χ1v) is 15.2. The standard InChI is InChI=1S/C34H48O8/c1-23(17-32(35)38-4)10-7-6-8-13-31-25(3)15-14-24(2)16-27-11-9-12-28(40-27)21-29-18-26(20-33(36)39-5)19-30(41-29)22-34(37)42-31/h6-8,10,13-15,20,24-25,27-31H,9,11-12,16-19,21-22H2,1-5H3/b7-6-,13-8+,15-14?,23-10+,26-20-/t24-,25-,27+,28-,29+,30-,31-/m0/s1. The number of hydrogen-bond donors (Lipinski definition) is 0. The van der Waals surface area contributed by atoms with Crippen molar-refractivity contribution in [2.24, 2.45) is 11.8 Å². The lowest BCUT2D eigenvalue weighted by Gasteiger charge is -2.37. The number of allylic oxidation sites excluding steroid dienone is 5. The molecule has 8 nitrogen and oxygen atoms in total. The Morgan fingerprint density at radius 2 is 1.62 bits per heavy atom. The molecule has 2 fully saturated rings. The maximum atomic E-state index is 13.2. The summed E-state index contributed by atoms with van der Waals surface area (Å²) in [5.41, 5.74) is 1.80. The number of cyclic esters (lactones) is 1. The quantitative estimate of drug-likeness (QED) is 0.121. The molecule has 0 N–H and O–H groups in total. The van der Waals surface area contributed by atoms with Crippen molar-refractivity contribution >= 4 is 17.9 Å². The summed E-state index contributed by atoms with van der Waals surface area (Å²) >= 11 is 0. The second kappa shape index (κ2) is 17.2. The zero-order valence-corrected chi connectivity index (χ0v) is 25.8. The third-order valence-electron chi connectivity index (χ3n) is 7.96. The molecule has 0 radical (unpaired) electrons. The minimum absolute atomic E-state index is 0.0552. The third kappa shape index (κ3) is 11.7. The van der Waals surface area contributed by atoms with Crippen molar-refractivity contribution in [3.05, 3.63) is 59.8 Å². The average Bonchev–Trinajstić information content (AvgIpc) is 2.94. The van der Waals surface area contributed by atoms with Crippen LogP contribution >= 0.6 is 0 Å². The van der Waals surface area contributed by atoms with E-state index in [9.17, 15) is 14.4 Å². The van der Waals surface area contributed by atoms with Crippen LogP contribution in [-0.2, 0) is 38.1 Å². The van der Waals surface area contributed by atoms with Crippen LogP contribution in [0.1, 0.15) is 78.6 Å². The fourth-order valence-electron chi connectivity index (χ4n) is 5.75. The molecule has 0 aromatic heterocycles. The normalized spacial score (nSPS) is 32.6. The average molecular weight is 585 g/mol. The minimum Gasteiger partial charge on any atom is -0.469 e. The first-order chi connectivity index (χ1) is 20.1. The summed E-state index contributed by atoms with van der Waals surface area (Å²) in [5, 5.41) is 0. The van der Waals surface area contributed by atoms with Crippen LogP contribution in [0, 0.1) is 11.8 Å². The smallest absolute Gasteiger partial charge is 0.330 e. The molecule has 0 aromatic carbocycles. The van der Waals surface area contributed by atoms with Gasteiger partial charge in [-0.25, -0.2) is 4.79 Å². The number of hydrogen-bond acceptors (Lipinski definition) is 8. The second-order valence-electron chi connectivity index (χ2n) is 11.8. The van der Waals surface area contributed by atoms with Gasteiger partial charge in [0.15, 0.2) is 0 Å². The van der Waals surface area contributed by atoms with Gasteiger partial charge in [-0.15, -0.1) is 0 Å². The lowest BCUT2D eigenvalue weighted by molar-refractivity contribution is -0.154. The zero-order chi connectivity index (χ0) is 30.5. The highest BCUT2D eigenvalue weighted by atomic mass is 16.6. The van der Waals surface area contributed by atoms with Gasteiger partial charge < -0.3 is 23.7 Å². The lowest BCUT2D eigenvalue weighted by Crippen LogP contribution is -2.37. The van der Waals surface area contributed by atoms with E-state index in [2.05, 4.69) is 19.1 Å². The van der Waals surface area contributed by atoms with Crippen molar-refractivity contribution in [2.45, 2.75) is 109 Å². The molecule has 3 aliphatic rings. The first kappa shape index (κ1) is 33.5. The number of ether oxygens (including phenoxy) is 5. The van der Waals surface area contributed by atoms with E-state index in [0.717, 1.165) is 43.3 Å². The maximum absolute atomic E-state index is 13.2. The Labute approximate surface area is 250 Å². The summed E-state index contributed by atoms with van der Waals surface area (Å²) in [6.45, 7) is 6.10. The Hall–Kier alpha value is -2.97. The highest BCUT2D eigenvalue weighted by Crippen LogP contribution is 2.33. The van der Waals surface area contributed by atoms with E-state index < -0.39 is 18.2 Å². The largest absolute Gasteiger partial charge is 0.469 e. The zero-order valence-electron chi connectivity index (χ0n) is 25.8. The van der Waals surface area contributed by atoms with E-state index in [-0.39, 0.29) is 49.0 Å². The van der Waals surface area contributed by atoms with E-state index in [1.165, 1.54) is 20.3 Å². The molecule has 42 heavy (non-hydrogen) atoms. The molecule has 0 unspecified atom stereocenters. The van der Waals surface area contributed by atoms with E-state index >= 15 is 0 Å². The number of carbonyl (C=O) groups is 3. The van der Waals surface area contributed by atoms with Crippen molar-refractivity contribution in [2.75, 3.05) is 14.2 Å². The van der Waals surface area contributed by atoms with Crippen LogP contribution in [0.4, 0.5) is 0 Å². The molecular formula is C34H48O8. The summed E-state index contributed by atoms with van der Waals surface area (Å²) in [7, 11) is 2.74. The number of carbonyl (C=O) groups excluding carboxylic acids is 3. The predicted molar refractivity (Wildman–Crippen MR) is 160 cm³/mol. The maximum Gasteiger partial charge on any atom is 0.330 e. The molecule has 2 saturated heterocycles. The Kier molecular flexibility index (Phi) is 13.7. The summed E-state index contributed by atoms with van der Waals surface area (Å²) in [4.78, 5) is 36.7. The fourth-order valence-corrected chi connectivity index (χ4v) is 5.75. The van der Waals surface area contributed by atoms with Gasteiger partial charge in [-0.05, 0) is 57.4 Å². The molecule has 3 aliphatic heterocycles. The molecule has 0 amide bonds. The van der Waals surface area contributed by atoms with Gasteiger partial charge in [-0.3, -0.25) is 9.59 Å². The molecule has 0 spiro atoms. The molecule has 3 rings (SSSR count).